The first-order valence-corrected chi connectivity index (χ1v) is 7.03. The zero-order chi connectivity index (χ0) is 15.4. The van der Waals surface area contributed by atoms with Crippen molar-refractivity contribution in [1.29, 1.82) is 0 Å². The monoisotopic (exact) mass is 291 g/mol. The van der Waals surface area contributed by atoms with Gasteiger partial charge in [0.15, 0.2) is 5.65 Å². The zero-order valence-corrected chi connectivity index (χ0v) is 12.7. The minimum Gasteiger partial charge on any atom is -0.358 e. The summed E-state index contributed by atoms with van der Waals surface area (Å²) < 4.78 is 0. The number of nitrogens with zero attached hydrogens (tertiary/aromatic N) is 3. The molecular weight excluding hydrogens is 270 g/mol. The maximum atomic E-state index is 12.0. The summed E-state index contributed by atoms with van der Waals surface area (Å²) in [6, 6.07) is -0.312. The van der Waals surface area contributed by atoms with Gasteiger partial charge in [0.2, 0.25) is 11.9 Å². The van der Waals surface area contributed by atoms with E-state index in [9.17, 15) is 4.79 Å². The average molecular weight is 291 g/mol. The number of aromatic amines is 1. The molecule has 2 heterocycles. The molecule has 1 atom stereocenters. The van der Waals surface area contributed by atoms with Crippen LogP contribution >= 0.6 is 0 Å². The highest BCUT2D eigenvalue weighted by Crippen LogP contribution is 2.20. The Morgan fingerprint density at radius 1 is 1.33 bits per heavy atom. The molecule has 2 aromatic rings. The quantitative estimate of drug-likeness (QED) is 0.635. The Balaban J connectivity index is 2.23. The van der Waals surface area contributed by atoms with Gasteiger partial charge in [0.05, 0.1) is 11.6 Å². The van der Waals surface area contributed by atoms with Gasteiger partial charge < -0.3 is 16.0 Å². The van der Waals surface area contributed by atoms with E-state index in [2.05, 4.69) is 36.1 Å². The van der Waals surface area contributed by atoms with Crippen molar-refractivity contribution in [3.8, 4) is 0 Å². The third-order valence-electron chi connectivity index (χ3n) is 2.82. The fraction of sp³-hybridized carbons (Fsp3) is 0.538. The maximum Gasteiger partial charge on any atom is 0.242 e. The van der Waals surface area contributed by atoms with Crippen molar-refractivity contribution in [2.75, 3.05) is 17.2 Å². The molecular formula is C13H21N7O. The van der Waals surface area contributed by atoms with Crippen molar-refractivity contribution in [2.24, 2.45) is 0 Å². The minimum absolute atomic E-state index is 0.0785. The van der Waals surface area contributed by atoms with E-state index in [0.29, 0.717) is 24.0 Å². The van der Waals surface area contributed by atoms with Crippen LogP contribution in [0.5, 0.6) is 0 Å². The Kier molecular flexibility index (Phi) is 4.56. The Bertz CT molecular complexity index is 622. The molecule has 0 fully saturated rings. The van der Waals surface area contributed by atoms with Crippen LogP contribution in [0.4, 0.5) is 11.8 Å². The third kappa shape index (κ3) is 3.59. The fourth-order valence-electron chi connectivity index (χ4n) is 1.86. The van der Waals surface area contributed by atoms with E-state index >= 15 is 0 Å². The lowest BCUT2D eigenvalue weighted by Gasteiger charge is -2.17. The van der Waals surface area contributed by atoms with Crippen LogP contribution < -0.4 is 16.0 Å². The van der Waals surface area contributed by atoms with Crippen LogP contribution in [0.2, 0.25) is 0 Å². The molecule has 2 aromatic heterocycles. The molecule has 0 aromatic carbocycles. The third-order valence-corrected chi connectivity index (χ3v) is 2.82. The van der Waals surface area contributed by atoms with E-state index in [-0.39, 0.29) is 11.9 Å². The predicted molar refractivity (Wildman–Crippen MR) is 82.2 cm³/mol. The smallest absolute Gasteiger partial charge is 0.242 e. The topological polar surface area (TPSA) is 108 Å². The van der Waals surface area contributed by atoms with Crippen molar-refractivity contribution in [2.45, 2.75) is 39.8 Å². The highest BCUT2D eigenvalue weighted by molar-refractivity contribution is 5.90. The normalized spacial score (nSPS) is 12.4. The molecule has 0 bridgehead atoms. The number of anilines is 2. The van der Waals surface area contributed by atoms with E-state index in [0.717, 1.165) is 5.39 Å². The number of carbonyl (C=O) groups excluding carboxylic acids is 1. The molecule has 4 N–H and O–H groups in total. The minimum atomic E-state index is -0.408. The number of nitrogens with one attached hydrogen (secondary N) is 4. The second kappa shape index (κ2) is 6.38. The van der Waals surface area contributed by atoms with Crippen LogP contribution in [-0.2, 0) is 4.79 Å². The molecule has 1 unspecified atom stereocenters. The standard InChI is InChI=1S/C13H21N7O/c1-5-14-13-18-10(9-6-15-20-11(9)19-13)17-8(4)12(21)16-7(2)3/h6-8H,5H2,1-4H3,(H,16,21)(H3,14,15,17,18,19,20). The molecule has 2 rings (SSSR count). The molecule has 21 heavy (non-hydrogen) atoms. The Hall–Kier alpha value is -2.38. The number of H-pyrrole nitrogens is 1. The summed E-state index contributed by atoms with van der Waals surface area (Å²) in [6.07, 6.45) is 1.64. The predicted octanol–water partition coefficient (Wildman–Crippen LogP) is 1.11. The van der Waals surface area contributed by atoms with E-state index in [1.54, 1.807) is 13.1 Å². The number of aromatic nitrogens is 4. The molecule has 1 amide bonds. The molecule has 0 aliphatic heterocycles. The van der Waals surface area contributed by atoms with Gasteiger partial charge in [-0.25, -0.2) is 0 Å². The number of hydrogen-bond acceptors (Lipinski definition) is 6. The van der Waals surface area contributed by atoms with Crippen LogP contribution in [0, 0.1) is 0 Å². The molecule has 8 heteroatoms. The SMILES string of the molecule is CCNc1nc(NC(C)C(=O)NC(C)C)c2cn[nH]c2n1. The molecule has 0 saturated heterocycles. The summed E-state index contributed by atoms with van der Waals surface area (Å²) in [5, 5.41) is 16.6. The van der Waals surface area contributed by atoms with Gasteiger partial charge in [0.25, 0.3) is 0 Å². The molecule has 114 valence electrons. The van der Waals surface area contributed by atoms with Crippen molar-refractivity contribution < 1.29 is 4.79 Å². The van der Waals surface area contributed by atoms with Gasteiger partial charge in [0, 0.05) is 12.6 Å². The van der Waals surface area contributed by atoms with E-state index < -0.39 is 6.04 Å². The van der Waals surface area contributed by atoms with Gasteiger partial charge in [-0.2, -0.15) is 15.1 Å². The maximum absolute atomic E-state index is 12.0. The Morgan fingerprint density at radius 2 is 2.10 bits per heavy atom. The first kappa shape index (κ1) is 15.0. The van der Waals surface area contributed by atoms with Gasteiger partial charge >= 0.3 is 0 Å². The van der Waals surface area contributed by atoms with Crippen LogP contribution in [0.25, 0.3) is 11.0 Å². The largest absolute Gasteiger partial charge is 0.358 e. The molecule has 0 saturated carbocycles. The molecule has 8 nitrogen and oxygen atoms in total. The summed E-state index contributed by atoms with van der Waals surface area (Å²) in [4.78, 5) is 20.7. The summed E-state index contributed by atoms with van der Waals surface area (Å²) >= 11 is 0. The van der Waals surface area contributed by atoms with Crippen LogP contribution in [0.3, 0.4) is 0 Å². The summed E-state index contributed by atoms with van der Waals surface area (Å²) in [5.41, 5.74) is 0.625. The number of hydrogen-bond donors (Lipinski definition) is 4. The highest BCUT2D eigenvalue weighted by atomic mass is 16.2. The van der Waals surface area contributed by atoms with E-state index in [1.807, 2.05) is 20.8 Å². The van der Waals surface area contributed by atoms with Crippen molar-refractivity contribution >= 4 is 28.7 Å². The van der Waals surface area contributed by atoms with Crippen molar-refractivity contribution in [3.05, 3.63) is 6.20 Å². The Morgan fingerprint density at radius 3 is 2.76 bits per heavy atom. The highest BCUT2D eigenvalue weighted by Gasteiger charge is 2.17. The van der Waals surface area contributed by atoms with Crippen molar-refractivity contribution in [3.63, 3.8) is 0 Å². The summed E-state index contributed by atoms with van der Waals surface area (Å²) in [6.45, 7) is 8.31. The van der Waals surface area contributed by atoms with E-state index in [4.69, 9.17) is 0 Å². The van der Waals surface area contributed by atoms with Crippen LogP contribution in [-0.4, -0.2) is 44.7 Å². The van der Waals surface area contributed by atoms with Gasteiger partial charge in [-0.15, -0.1) is 0 Å². The van der Waals surface area contributed by atoms with Gasteiger partial charge in [0.1, 0.15) is 11.9 Å². The molecule has 0 aliphatic rings. The average Bonchev–Trinajstić information content (AvgIpc) is 2.86. The lowest BCUT2D eigenvalue weighted by Crippen LogP contribution is -2.41. The first-order valence-electron chi connectivity index (χ1n) is 7.03. The fourth-order valence-corrected chi connectivity index (χ4v) is 1.86. The lowest BCUT2D eigenvalue weighted by atomic mass is 10.2. The van der Waals surface area contributed by atoms with E-state index in [1.165, 1.54) is 0 Å². The summed E-state index contributed by atoms with van der Waals surface area (Å²) in [5.74, 6) is 0.995. The van der Waals surface area contributed by atoms with Gasteiger partial charge in [-0.3, -0.25) is 9.89 Å². The number of rotatable bonds is 6. The second-order valence-electron chi connectivity index (χ2n) is 5.09. The lowest BCUT2D eigenvalue weighted by molar-refractivity contribution is -0.122. The molecule has 0 aliphatic carbocycles. The van der Waals surface area contributed by atoms with Gasteiger partial charge in [-0.05, 0) is 27.7 Å². The second-order valence-corrected chi connectivity index (χ2v) is 5.09. The Labute approximate surface area is 123 Å². The van der Waals surface area contributed by atoms with Crippen molar-refractivity contribution in [1.82, 2.24) is 25.5 Å². The summed E-state index contributed by atoms with van der Waals surface area (Å²) in [7, 11) is 0. The number of carbonyl (C=O) groups is 1. The van der Waals surface area contributed by atoms with Crippen LogP contribution in [0.15, 0.2) is 6.20 Å². The molecule has 0 spiro atoms. The first-order chi connectivity index (χ1) is 10.0. The van der Waals surface area contributed by atoms with Crippen LogP contribution in [0.1, 0.15) is 27.7 Å². The zero-order valence-electron chi connectivity index (χ0n) is 12.7. The number of fused-ring (bicyclic) bond motifs is 1. The number of amides is 1. The molecule has 0 radical (unpaired) electrons. The van der Waals surface area contributed by atoms with Gasteiger partial charge in [-0.1, -0.05) is 0 Å².